The van der Waals surface area contributed by atoms with Gasteiger partial charge in [0, 0.05) is 5.56 Å². The number of hydrogen-bond acceptors (Lipinski definition) is 6. The molecule has 0 atom stereocenters. The Morgan fingerprint density at radius 1 is 1.10 bits per heavy atom. The Kier molecular flexibility index (Phi) is 3.67. The Labute approximate surface area is 121 Å². The maximum Gasteiger partial charge on any atom is 0.176 e. The van der Waals surface area contributed by atoms with E-state index in [1.807, 2.05) is 18.2 Å². The predicted octanol–water partition coefficient (Wildman–Crippen LogP) is 1.88. The van der Waals surface area contributed by atoms with Crippen LogP contribution in [0.4, 0.5) is 5.82 Å². The van der Waals surface area contributed by atoms with E-state index in [2.05, 4.69) is 4.98 Å². The molecule has 1 aromatic rings. The predicted molar refractivity (Wildman–Crippen MR) is 73.8 cm³/mol. The van der Waals surface area contributed by atoms with Gasteiger partial charge in [0.25, 0.3) is 0 Å². The van der Waals surface area contributed by atoms with Gasteiger partial charge < -0.3 is 5.73 Å². The van der Waals surface area contributed by atoms with Crippen molar-refractivity contribution in [2.24, 2.45) is 0 Å². The van der Waals surface area contributed by atoms with Crippen molar-refractivity contribution in [3.05, 3.63) is 40.6 Å². The quantitative estimate of drug-likeness (QED) is 0.873. The molecule has 0 radical (unpaired) electrons. The first-order valence-electron chi connectivity index (χ1n) is 5.96. The summed E-state index contributed by atoms with van der Waals surface area (Å²) in [7, 11) is 0. The molecule has 98 valence electrons. The van der Waals surface area contributed by atoms with E-state index >= 15 is 0 Å². The fourth-order valence-electron chi connectivity index (χ4n) is 2.16. The van der Waals surface area contributed by atoms with E-state index in [0.29, 0.717) is 12.0 Å². The Morgan fingerprint density at radius 3 is 2.24 bits per heavy atom. The van der Waals surface area contributed by atoms with Gasteiger partial charge in [-0.1, -0.05) is 18.2 Å². The highest BCUT2D eigenvalue weighted by Gasteiger charge is 2.26. The van der Waals surface area contributed by atoms with Gasteiger partial charge in [-0.2, -0.15) is 21.0 Å². The van der Waals surface area contributed by atoms with E-state index in [1.54, 1.807) is 24.3 Å². The van der Waals surface area contributed by atoms with Gasteiger partial charge >= 0.3 is 0 Å². The van der Waals surface area contributed by atoms with E-state index in [9.17, 15) is 10.5 Å². The Balaban J connectivity index is 2.85. The van der Waals surface area contributed by atoms with Gasteiger partial charge in [0.1, 0.15) is 23.5 Å². The van der Waals surface area contributed by atoms with Gasteiger partial charge in [0.15, 0.2) is 5.92 Å². The lowest BCUT2D eigenvalue weighted by molar-refractivity contribution is 1.00. The van der Waals surface area contributed by atoms with Crippen LogP contribution in [0.1, 0.15) is 34.7 Å². The van der Waals surface area contributed by atoms with Crippen LogP contribution in [-0.4, -0.2) is 4.98 Å². The molecule has 0 aromatic carbocycles. The van der Waals surface area contributed by atoms with Crippen LogP contribution in [0.15, 0.2) is 18.2 Å². The molecule has 1 heterocycles. The SMILES string of the molecule is N#Cc1c(N)nc(C(C#N)C#N)c(C#N)c1C1=CC=CC1. The number of aromatic nitrogens is 1. The van der Waals surface area contributed by atoms with E-state index in [4.69, 9.17) is 16.3 Å². The number of nitrogens with two attached hydrogens (primary N) is 1. The number of rotatable bonds is 2. The van der Waals surface area contributed by atoms with Crippen LogP contribution < -0.4 is 5.73 Å². The van der Waals surface area contributed by atoms with Crippen LogP contribution in [0.2, 0.25) is 0 Å². The number of nitriles is 4. The summed E-state index contributed by atoms with van der Waals surface area (Å²) >= 11 is 0. The molecular formula is C15H8N6. The minimum atomic E-state index is -1.21. The molecule has 0 spiro atoms. The zero-order valence-corrected chi connectivity index (χ0v) is 10.8. The van der Waals surface area contributed by atoms with Gasteiger partial charge in [0.05, 0.1) is 23.4 Å². The highest BCUT2D eigenvalue weighted by Crippen LogP contribution is 2.34. The summed E-state index contributed by atoms with van der Waals surface area (Å²) in [6.07, 6.45) is 6.00. The summed E-state index contributed by atoms with van der Waals surface area (Å²) in [6.45, 7) is 0. The minimum Gasteiger partial charge on any atom is -0.383 e. The lowest BCUT2D eigenvalue weighted by atomic mass is 9.90. The molecule has 0 bridgehead atoms. The summed E-state index contributed by atoms with van der Waals surface area (Å²) in [5, 5.41) is 36.7. The van der Waals surface area contributed by atoms with Gasteiger partial charge in [-0.25, -0.2) is 4.98 Å². The first-order chi connectivity index (χ1) is 10.2. The molecule has 0 aliphatic heterocycles. The van der Waals surface area contributed by atoms with Gasteiger partial charge in [-0.05, 0) is 12.0 Å². The van der Waals surface area contributed by atoms with E-state index in [-0.39, 0.29) is 22.6 Å². The third-order valence-corrected chi connectivity index (χ3v) is 3.10. The lowest BCUT2D eigenvalue weighted by Crippen LogP contribution is -2.10. The largest absolute Gasteiger partial charge is 0.383 e. The third-order valence-electron chi connectivity index (χ3n) is 3.10. The van der Waals surface area contributed by atoms with Gasteiger partial charge in [-0.15, -0.1) is 0 Å². The van der Waals surface area contributed by atoms with Crippen LogP contribution in [-0.2, 0) is 0 Å². The summed E-state index contributed by atoms with van der Waals surface area (Å²) in [5.41, 5.74) is 7.03. The van der Waals surface area contributed by atoms with Crippen molar-refractivity contribution >= 4 is 11.4 Å². The summed E-state index contributed by atoms with van der Waals surface area (Å²) in [5.74, 6) is -1.28. The zero-order valence-electron chi connectivity index (χ0n) is 10.8. The van der Waals surface area contributed by atoms with Crippen LogP contribution in [0.5, 0.6) is 0 Å². The smallest absolute Gasteiger partial charge is 0.176 e. The number of pyridine rings is 1. The molecule has 2 rings (SSSR count). The lowest BCUT2D eigenvalue weighted by Gasteiger charge is -2.13. The molecular weight excluding hydrogens is 264 g/mol. The molecule has 2 N–H and O–H groups in total. The number of anilines is 1. The minimum absolute atomic E-state index is 0.00167. The van der Waals surface area contributed by atoms with Crippen molar-refractivity contribution in [1.29, 1.82) is 21.0 Å². The Hall–Kier alpha value is -3.61. The second kappa shape index (κ2) is 5.57. The molecule has 0 amide bonds. The molecule has 6 heteroatoms. The van der Waals surface area contributed by atoms with Crippen molar-refractivity contribution in [1.82, 2.24) is 4.98 Å². The van der Waals surface area contributed by atoms with Crippen LogP contribution in [0.3, 0.4) is 0 Å². The fourth-order valence-corrected chi connectivity index (χ4v) is 2.16. The standard InChI is InChI=1S/C15H8N6/c16-5-10(6-17)14-11(7-18)13(9-3-1-2-4-9)12(8-19)15(20)21-14/h1-3,10H,4H2,(H2,20,21). The number of nitrogens with zero attached hydrogens (tertiary/aromatic N) is 5. The Bertz CT molecular complexity index is 819. The summed E-state index contributed by atoms with van der Waals surface area (Å²) in [4.78, 5) is 3.93. The first kappa shape index (κ1) is 13.8. The van der Waals surface area contributed by atoms with Crippen molar-refractivity contribution in [3.63, 3.8) is 0 Å². The maximum atomic E-state index is 9.40. The topological polar surface area (TPSA) is 134 Å². The highest BCUT2D eigenvalue weighted by atomic mass is 14.9. The molecule has 21 heavy (non-hydrogen) atoms. The van der Waals surface area contributed by atoms with E-state index in [0.717, 1.165) is 5.57 Å². The van der Waals surface area contributed by atoms with Crippen molar-refractivity contribution < 1.29 is 0 Å². The summed E-state index contributed by atoms with van der Waals surface area (Å²) in [6, 6.07) is 7.45. The molecule has 1 aromatic heterocycles. The van der Waals surface area contributed by atoms with Crippen LogP contribution >= 0.6 is 0 Å². The molecule has 1 aliphatic rings. The average Bonchev–Trinajstić information content (AvgIpc) is 3.01. The molecule has 0 unspecified atom stereocenters. The highest BCUT2D eigenvalue weighted by molar-refractivity contribution is 5.82. The van der Waals surface area contributed by atoms with Crippen molar-refractivity contribution in [2.45, 2.75) is 12.3 Å². The average molecular weight is 272 g/mol. The van der Waals surface area contributed by atoms with Gasteiger partial charge in [0.2, 0.25) is 0 Å². The van der Waals surface area contributed by atoms with Crippen molar-refractivity contribution in [2.75, 3.05) is 5.73 Å². The second-order valence-corrected chi connectivity index (χ2v) is 4.25. The number of hydrogen-bond donors (Lipinski definition) is 1. The van der Waals surface area contributed by atoms with E-state index in [1.165, 1.54) is 0 Å². The molecule has 6 nitrogen and oxygen atoms in total. The second-order valence-electron chi connectivity index (χ2n) is 4.25. The molecule has 0 saturated heterocycles. The van der Waals surface area contributed by atoms with Crippen LogP contribution in [0.25, 0.3) is 5.57 Å². The first-order valence-corrected chi connectivity index (χ1v) is 5.96. The normalized spacial score (nSPS) is 12.1. The molecule has 0 saturated carbocycles. The zero-order chi connectivity index (χ0) is 15.4. The fraction of sp³-hybridized carbons (Fsp3) is 0.133. The number of nitrogen functional groups attached to an aromatic ring is 1. The molecule has 1 aliphatic carbocycles. The maximum absolute atomic E-state index is 9.40. The molecule has 0 fully saturated rings. The van der Waals surface area contributed by atoms with E-state index < -0.39 is 5.92 Å². The summed E-state index contributed by atoms with van der Waals surface area (Å²) < 4.78 is 0. The number of allylic oxidation sites excluding steroid dienone is 4. The van der Waals surface area contributed by atoms with Crippen molar-refractivity contribution in [3.8, 4) is 24.3 Å². The monoisotopic (exact) mass is 272 g/mol. The van der Waals surface area contributed by atoms with Crippen LogP contribution in [0, 0.1) is 45.3 Å². The Morgan fingerprint density at radius 2 is 1.76 bits per heavy atom. The van der Waals surface area contributed by atoms with Gasteiger partial charge in [-0.3, -0.25) is 0 Å². The third kappa shape index (κ3) is 2.19.